The first-order valence-electron chi connectivity index (χ1n) is 12.8. The molecule has 4 aromatic rings. The standard InChI is InChI=1S/C31H33N3O2/c1-3-36-27-15-13-24(14-16-27)29-19-25-11-7-8-12-28(25)30(33-29)31(35)32-26-17-23(18-26)21-34(2)20-22-9-5-4-6-10-22/h4-16,19,23,26H,3,17-18,20-21H2,1-2H3,(H,32,35). The van der Waals surface area contributed by atoms with Crippen LogP contribution in [0.15, 0.2) is 84.9 Å². The predicted octanol–water partition coefficient (Wildman–Crippen LogP) is 5.94. The molecule has 0 aliphatic heterocycles. The summed E-state index contributed by atoms with van der Waals surface area (Å²) < 4.78 is 5.57. The number of aromatic nitrogens is 1. The molecule has 0 saturated heterocycles. The zero-order valence-electron chi connectivity index (χ0n) is 21.0. The molecule has 5 heteroatoms. The van der Waals surface area contributed by atoms with Crippen molar-refractivity contribution < 1.29 is 9.53 Å². The summed E-state index contributed by atoms with van der Waals surface area (Å²) >= 11 is 0. The number of fused-ring (bicyclic) bond motifs is 1. The second-order valence-corrected chi connectivity index (χ2v) is 9.72. The van der Waals surface area contributed by atoms with Crippen LogP contribution >= 0.6 is 0 Å². The Morgan fingerprint density at radius 3 is 2.47 bits per heavy atom. The van der Waals surface area contributed by atoms with Gasteiger partial charge in [-0.15, -0.1) is 0 Å². The van der Waals surface area contributed by atoms with Crippen molar-refractivity contribution in [3.05, 3.63) is 96.2 Å². The Labute approximate surface area is 213 Å². The summed E-state index contributed by atoms with van der Waals surface area (Å²) in [5.74, 6) is 1.33. The Hall–Kier alpha value is -3.70. The first-order valence-corrected chi connectivity index (χ1v) is 12.8. The summed E-state index contributed by atoms with van der Waals surface area (Å²) in [5, 5.41) is 5.13. The average Bonchev–Trinajstić information content (AvgIpc) is 2.88. The number of benzene rings is 3. The molecular weight excluding hydrogens is 446 g/mol. The van der Waals surface area contributed by atoms with Gasteiger partial charge in [0.2, 0.25) is 0 Å². The fraction of sp³-hybridized carbons (Fsp3) is 0.290. The number of amides is 1. The third-order valence-corrected chi connectivity index (χ3v) is 6.85. The van der Waals surface area contributed by atoms with Gasteiger partial charge in [-0.05, 0) is 74.0 Å². The van der Waals surface area contributed by atoms with E-state index in [1.807, 2.05) is 61.5 Å². The molecule has 0 atom stereocenters. The summed E-state index contributed by atoms with van der Waals surface area (Å²) in [7, 11) is 2.17. The van der Waals surface area contributed by atoms with Crippen molar-refractivity contribution in [1.29, 1.82) is 0 Å². The Morgan fingerprint density at radius 1 is 1.00 bits per heavy atom. The SMILES string of the molecule is CCOc1ccc(-c2cc3ccccc3c(C(=O)NC3CC(CN(C)Cc4ccccc4)C3)n2)cc1. The lowest BCUT2D eigenvalue weighted by atomic mass is 9.80. The molecule has 0 radical (unpaired) electrons. The van der Waals surface area contributed by atoms with E-state index in [9.17, 15) is 4.79 Å². The van der Waals surface area contributed by atoms with Crippen molar-refractivity contribution in [2.45, 2.75) is 32.4 Å². The van der Waals surface area contributed by atoms with E-state index < -0.39 is 0 Å². The molecule has 1 aliphatic carbocycles. The van der Waals surface area contributed by atoms with E-state index in [-0.39, 0.29) is 11.9 Å². The zero-order chi connectivity index (χ0) is 24.9. The topological polar surface area (TPSA) is 54.5 Å². The number of carbonyl (C=O) groups is 1. The number of nitrogens with one attached hydrogen (secondary N) is 1. The molecule has 5 rings (SSSR count). The Kier molecular flexibility index (Phi) is 7.28. The summed E-state index contributed by atoms with van der Waals surface area (Å²) in [6.45, 7) is 4.58. The number of nitrogens with zero attached hydrogens (tertiary/aromatic N) is 2. The van der Waals surface area contributed by atoms with Gasteiger partial charge in [0.1, 0.15) is 11.4 Å². The second kappa shape index (κ2) is 10.9. The van der Waals surface area contributed by atoms with Crippen LogP contribution in [-0.4, -0.2) is 42.0 Å². The van der Waals surface area contributed by atoms with Gasteiger partial charge >= 0.3 is 0 Å². The van der Waals surface area contributed by atoms with Crippen LogP contribution in [0.4, 0.5) is 0 Å². The Morgan fingerprint density at radius 2 is 1.72 bits per heavy atom. The minimum absolute atomic E-state index is 0.0972. The number of carbonyl (C=O) groups excluding carboxylic acids is 1. The Balaban J connectivity index is 1.25. The number of hydrogen-bond donors (Lipinski definition) is 1. The predicted molar refractivity (Wildman–Crippen MR) is 145 cm³/mol. The molecule has 3 aromatic carbocycles. The van der Waals surface area contributed by atoms with Crippen LogP contribution in [0.2, 0.25) is 0 Å². The molecular formula is C31H33N3O2. The lowest BCUT2D eigenvalue weighted by Gasteiger charge is -2.38. The van der Waals surface area contributed by atoms with E-state index in [1.54, 1.807) is 0 Å². The van der Waals surface area contributed by atoms with Gasteiger partial charge in [0.25, 0.3) is 5.91 Å². The highest BCUT2D eigenvalue weighted by Gasteiger charge is 2.31. The average molecular weight is 480 g/mol. The van der Waals surface area contributed by atoms with Gasteiger partial charge in [0, 0.05) is 30.1 Å². The molecule has 36 heavy (non-hydrogen) atoms. The summed E-state index contributed by atoms with van der Waals surface area (Å²) in [6.07, 6.45) is 2.00. The molecule has 184 valence electrons. The maximum absolute atomic E-state index is 13.4. The normalized spacial score (nSPS) is 17.1. The number of ether oxygens (including phenoxy) is 1. The van der Waals surface area contributed by atoms with Crippen molar-refractivity contribution in [1.82, 2.24) is 15.2 Å². The van der Waals surface area contributed by atoms with E-state index >= 15 is 0 Å². The molecule has 1 amide bonds. The number of rotatable bonds is 9. The first-order chi connectivity index (χ1) is 17.6. The van der Waals surface area contributed by atoms with Crippen molar-refractivity contribution in [3.8, 4) is 17.0 Å². The monoisotopic (exact) mass is 479 g/mol. The van der Waals surface area contributed by atoms with Crippen molar-refractivity contribution in [3.63, 3.8) is 0 Å². The summed E-state index contributed by atoms with van der Waals surface area (Å²) in [4.78, 5) is 20.5. The fourth-order valence-corrected chi connectivity index (χ4v) is 5.07. The highest BCUT2D eigenvalue weighted by Crippen LogP contribution is 2.30. The van der Waals surface area contributed by atoms with Gasteiger partial charge in [-0.1, -0.05) is 54.6 Å². The highest BCUT2D eigenvalue weighted by atomic mass is 16.5. The number of hydrogen-bond acceptors (Lipinski definition) is 4. The first kappa shape index (κ1) is 24.0. The zero-order valence-corrected chi connectivity index (χ0v) is 21.0. The van der Waals surface area contributed by atoms with E-state index in [2.05, 4.69) is 47.6 Å². The minimum atomic E-state index is -0.0972. The van der Waals surface area contributed by atoms with Gasteiger partial charge in [0.05, 0.1) is 12.3 Å². The quantitative estimate of drug-likeness (QED) is 0.323. The lowest BCUT2D eigenvalue weighted by Crippen LogP contribution is -2.47. The smallest absolute Gasteiger partial charge is 0.270 e. The van der Waals surface area contributed by atoms with Crippen LogP contribution in [-0.2, 0) is 6.54 Å². The Bertz CT molecular complexity index is 1310. The third kappa shape index (κ3) is 5.58. The van der Waals surface area contributed by atoms with Gasteiger partial charge in [-0.25, -0.2) is 4.98 Å². The minimum Gasteiger partial charge on any atom is -0.494 e. The van der Waals surface area contributed by atoms with E-state index in [0.29, 0.717) is 18.2 Å². The fourth-order valence-electron chi connectivity index (χ4n) is 5.07. The molecule has 1 fully saturated rings. The highest BCUT2D eigenvalue weighted by molar-refractivity contribution is 6.06. The molecule has 1 aliphatic rings. The van der Waals surface area contributed by atoms with Crippen LogP contribution in [0.1, 0.15) is 35.8 Å². The maximum Gasteiger partial charge on any atom is 0.270 e. The summed E-state index contributed by atoms with van der Waals surface area (Å²) in [6, 6.07) is 28.6. The van der Waals surface area contributed by atoms with Crippen molar-refractivity contribution >= 4 is 16.7 Å². The molecule has 1 N–H and O–H groups in total. The number of pyridine rings is 1. The van der Waals surface area contributed by atoms with Crippen molar-refractivity contribution in [2.24, 2.45) is 5.92 Å². The molecule has 1 saturated carbocycles. The molecule has 1 heterocycles. The lowest BCUT2D eigenvalue weighted by molar-refractivity contribution is 0.0863. The van der Waals surface area contributed by atoms with Crippen LogP contribution < -0.4 is 10.1 Å². The third-order valence-electron chi connectivity index (χ3n) is 6.85. The van der Waals surface area contributed by atoms with Gasteiger partial charge in [0.15, 0.2) is 0 Å². The van der Waals surface area contributed by atoms with Crippen LogP contribution in [0.5, 0.6) is 5.75 Å². The molecule has 0 bridgehead atoms. The van der Waals surface area contributed by atoms with Gasteiger partial charge in [-0.2, -0.15) is 0 Å². The summed E-state index contributed by atoms with van der Waals surface area (Å²) in [5.41, 5.74) is 3.57. The second-order valence-electron chi connectivity index (χ2n) is 9.72. The molecule has 1 aromatic heterocycles. The van der Waals surface area contributed by atoms with E-state index in [1.165, 1.54) is 5.56 Å². The van der Waals surface area contributed by atoms with Crippen LogP contribution in [0, 0.1) is 5.92 Å². The molecule has 0 spiro atoms. The molecule has 5 nitrogen and oxygen atoms in total. The van der Waals surface area contributed by atoms with Gasteiger partial charge < -0.3 is 15.0 Å². The largest absolute Gasteiger partial charge is 0.494 e. The van der Waals surface area contributed by atoms with E-state index in [0.717, 1.165) is 53.7 Å². The van der Waals surface area contributed by atoms with E-state index in [4.69, 9.17) is 9.72 Å². The van der Waals surface area contributed by atoms with Crippen molar-refractivity contribution in [2.75, 3.05) is 20.2 Å². The van der Waals surface area contributed by atoms with Crippen LogP contribution in [0.25, 0.3) is 22.0 Å². The maximum atomic E-state index is 13.4. The van der Waals surface area contributed by atoms with Crippen LogP contribution in [0.3, 0.4) is 0 Å². The van der Waals surface area contributed by atoms with Gasteiger partial charge in [-0.3, -0.25) is 4.79 Å². The molecule has 0 unspecified atom stereocenters.